The number of rotatable bonds is 6. The molecule has 4 rings (SSSR count). The molecule has 1 amide bonds. The number of carbonyl (C=O) groups excluding carboxylic acids is 1. The first kappa shape index (κ1) is 23.6. The number of nitrogens with two attached hydrogens (primary N) is 1. The van der Waals surface area contributed by atoms with Crippen molar-refractivity contribution in [3.8, 4) is 17.2 Å². The number of carbonyl (C=O) groups is 1. The van der Waals surface area contributed by atoms with Crippen molar-refractivity contribution in [2.24, 2.45) is 5.14 Å². The Morgan fingerprint density at radius 2 is 1.66 bits per heavy atom. The minimum absolute atomic E-state index is 0.0271. The molecule has 0 saturated heterocycles. The van der Waals surface area contributed by atoms with E-state index in [1.54, 1.807) is 91.3 Å². The summed E-state index contributed by atoms with van der Waals surface area (Å²) in [6, 6.07) is 25.8. The number of pyridine rings is 1. The predicted octanol–water partition coefficient (Wildman–Crippen LogP) is 4.45. The van der Waals surface area contributed by atoms with Crippen molar-refractivity contribution in [3.63, 3.8) is 0 Å². The molecule has 172 valence electrons. The minimum atomic E-state index is -3.89. The fourth-order valence-corrected chi connectivity index (χ4v) is 4.32. The topological polar surface area (TPSA) is 126 Å². The molecular weight excluding hydrogens is 460 g/mol. The van der Waals surface area contributed by atoms with Gasteiger partial charge in [0.05, 0.1) is 16.5 Å². The fraction of sp³-hybridized carbons (Fsp3) is 0. The molecule has 0 unspecified atom stereocenters. The number of nitriles is 1. The van der Waals surface area contributed by atoms with Gasteiger partial charge in [-0.1, -0.05) is 42.5 Å². The van der Waals surface area contributed by atoms with E-state index < -0.39 is 10.0 Å². The molecule has 8 heteroatoms. The van der Waals surface area contributed by atoms with E-state index in [1.165, 1.54) is 6.07 Å². The highest BCUT2D eigenvalue weighted by Gasteiger charge is 2.16. The Morgan fingerprint density at radius 1 is 0.943 bits per heavy atom. The molecule has 0 spiro atoms. The van der Waals surface area contributed by atoms with Gasteiger partial charge in [0, 0.05) is 29.2 Å². The maximum atomic E-state index is 13.3. The molecular formula is C27H20N4O3S. The van der Waals surface area contributed by atoms with E-state index in [2.05, 4.69) is 16.4 Å². The average Bonchev–Trinajstić information content (AvgIpc) is 2.88. The SMILES string of the molecule is N#Cc1cccc(C=C(C(=O)Nc2ccc(-c3ccccc3S(N)(=O)=O)cc2)c2ccncc2)c1. The van der Waals surface area contributed by atoms with Crippen LogP contribution in [-0.2, 0) is 14.8 Å². The van der Waals surface area contributed by atoms with Gasteiger partial charge < -0.3 is 5.32 Å². The zero-order valence-electron chi connectivity index (χ0n) is 18.4. The van der Waals surface area contributed by atoms with E-state index in [4.69, 9.17) is 5.14 Å². The standard InChI is InChI=1S/C27H20N4O3S/c28-18-20-5-3-4-19(16-20)17-25(22-12-14-30-15-13-22)27(32)31-23-10-8-21(9-11-23)24-6-1-2-7-26(24)35(29,33)34/h1-17H,(H,31,32)(H2,29,33,34). The third-order valence-corrected chi connectivity index (χ3v) is 6.18. The van der Waals surface area contributed by atoms with Crippen molar-refractivity contribution in [3.05, 3.63) is 114 Å². The number of amides is 1. The van der Waals surface area contributed by atoms with E-state index in [0.29, 0.717) is 39.1 Å². The van der Waals surface area contributed by atoms with Gasteiger partial charge in [-0.15, -0.1) is 0 Å². The summed E-state index contributed by atoms with van der Waals surface area (Å²) in [6.45, 7) is 0. The number of hydrogen-bond acceptors (Lipinski definition) is 5. The van der Waals surface area contributed by atoms with Crippen LogP contribution in [0.5, 0.6) is 0 Å². The van der Waals surface area contributed by atoms with Crippen LogP contribution < -0.4 is 10.5 Å². The lowest BCUT2D eigenvalue weighted by Gasteiger charge is -2.12. The van der Waals surface area contributed by atoms with E-state index in [1.807, 2.05) is 6.07 Å². The zero-order valence-corrected chi connectivity index (χ0v) is 19.2. The summed E-state index contributed by atoms with van der Waals surface area (Å²) in [5.41, 5.74) is 3.90. The summed E-state index contributed by atoms with van der Waals surface area (Å²) < 4.78 is 23.9. The van der Waals surface area contributed by atoms with E-state index in [-0.39, 0.29) is 10.8 Å². The highest BCUT2D eigenvalue weighted by Crippen LogP contribution is 2.28. The first-order chi connectivity index (χ1) is 16.8. The Balaban J connectivity index is 1.64. The number of aromatic nitrogens is 1. The van der Waals surface area contributed by atoms with Crippen LogP contribution in [0.25, 0.3) is 22.8 Å². The number of nitrogens with one attached hydrogen (secondary N) is 1. The molecule has 0 aliphatic carbocycles. The average molecular weight is 481 g/mol. The zero-order chi connectivity index (χ0) is 24.8. The number of nitrogens with zero attached hydrogens (tertiary/aromatic N) is 2. The van der Waals surface area contributed by atoms with Crippen LogP contribution >= 0.6 is 0 Å². The molecule has 7 nitrogen and oxygen atoms in total. The van der Waals surface area contributed by atoms with E-state index in [9.17, 15) is 18.5 Å². The molecule has 0 radical (unpaired) electrons. The van der Waals surface area contributed by atoms with Crippen LogP contribution in [0.15, 0.2) is 102 Å². The Bertz CT molecular complexity index is 1560. The molecule has 4 aromatic rings. The Hall–Kier alpha value is -4.58. The first-order valence-corrected chi connectivity index (χ1v) is 12.1. The molecule has 1 aromatic heterocycles. The summed E-state index contributed by atoms with van der Waals surface area (Å²) >= 11 is 0. The van der Waals surface area contributed by atoms with Crippen molar-refractivity contribution < 1.29 is 13.2 Å². The van der Waals surface area contributed by atoms with Crippen LogP contribution in [0.4, 0.5) is 5.69 Å². The molecule has 3 aromatic carbocycles. The van der Waals surface area contributed by atoms with Crippen LogP contribution in [0.3, 0.4) is 0 Å². The van der Waals surface area contributed by atoms with Gasteiger partial charge in [-0.2, -0.15) is 5.26 Å². The van der Waals surface area contributed by atoms with Gasteiger partial charge in [0.15, 0.2) is 0 Å². The fourth-order valence-electron chi connectivity index (χ4n) is 3.56. The van der Waals surface area contributed by atoms with Gasteiger partial charge >= 0.3 is 0 Å². The Labute approximate surface area is 203 Å². The monoisotopic (exact) mass is 480 g/mol. The molecule has 0 aliphatic heterocycles. The van der Waals surface area contributed by atoms with Crippen molar-refractivity contribution >= 4 is 33.3 Å². The number of anilines is 1. The normalized spacial score (nSPS) is 11.5. The highest BCUT2D eigenvalue weighted by molar-refractivity contribution is 7.89. The summed E-state index contributed by atoms with van der Waals surface area (Å²) in [5.74, 6) is -0.351. The number of hydrogen-bond donors (Lipinski definition) is 2. The van der Waals surface area contributed by atoms with Crippen molar-refractivity contribution in [2.75, 3.05) is 5.32 Å². The van der Waals surface area contributed by atoms with Gasteiger partial charge in [-0.05, 0) is 65.2 Å². The summed E-state index contributed by atoms with van der Waals surface area (Å²) in [5, 5.41) is 17.4. The Kier molecular flexibility index (Phi) is 6.83. The lowest BCUT2D eigenvalue weighted by atomic mass is 10.0. The lowest BCUT2D eigenvalue weighted by Crippen LogP contribution is -2.14. The lowest BCUT2D eigenvalue weighted by molar-refractivity contribution is -0.111. The van der Waals surface area contributed by atoms with Gasteiger partial charge in [0.1, 0.15) is 0 Å². The van der Waals surface area contributed by atoms with Gasteiger partial charge in [0.2, 0.25) is 10.0 Å². The third-order valence-electron chi connectivity index (χ3n) is 5.21. The van der Waals surface area contributed by atoms with Crippen molar-refractivity contribution in [2.45, 2.75) is 4.90 Å². The summed E-state index contributed by atoms with van der Waals surface area (Å²) in [7, 11) is -3.89. The molecule has 0 aliphatic rings. The van der Waals surface area contributed by atoms with Crippen LogP contribution in [0.2, 0.25) is 0 Å². The predicted molar refractivity (Wildman–Crippen MR) is 135 cm³/mol. The molecule has 0 fully saturated rings. The Morgan fingerprint density at radius 3 is 2.34 bits per heavy atom. The third kappa shape index (κ3) is 5.68. The molecule has 0 bridgehead atoms. The summed E-state index contributed by atoms with van der Waals surface area (Å²) in [6.07, 6.45) is 4.90. The molecule has 0 atom stereocenters. The van der Waals surface area contributed by atoms with Gasteiger partial charge in [-0.3, -0.25) is 9.78 Å². The molecule has 3 N–H and O–H groups in total. The molecule has 1 heterocycles. The second-order valence-electron chi connectivity index (χ2n) is 7.60. The maximum Gasteiger partial charge on any atom is 0.256 e. The second-order valence-corrected chi connectivity index (χ2v) is 9.13. The number of primary sulfonamides is 1. The number of sulfonamides is 1. The molecule has 0 saturated carbocycles. The van der Waals surface area contributed by atoms with Gasteiger partial charge in [-0.25, -0.2) is 13.6 Å². The van der Waals surface area contributed by atoms with Gasteiger partial charge in [0.25, 0.3) is 5.91 Å². The smallest absolute Gasteiger partial charge is 0.256 e. The maximum absolute atomic E-state index is 13.3. The van der Waals surface area contributed by atoms with Crippen molar-refractivity contribution in [1.82, 2.24) is 4.98 Å². The van der Waals surface area contributed by atoms with Crippen LogP contribution in [0.1, 0.15) is 16.7 Å². The van der Waals surface area contributed by atoms with Crippen molar-refractivity contribution in [1.29, 1.82) is 5.26 Å². The summed E-state index contributed by atoms with van der Waals surface area (Å²) in [4.78, 5) is 17.3. The second kappa shape index (κ2) is 10.1. The number of benzene rings is 3. The van der Waals surface area contributed by atoms with E-state index >= 15 is 0 Å². The quantitative estimate of drug-likeness (QED) is 0.394. The van der Waals surface area contributed by atoms with E-state index in [0.717, 1.165) is 0 Å². The van der Waals surface area contributed by atoms with Crippen LogP contribution in [0, 0.1) is 11.3 Å². The largest absolute Gasteiger partial charge is 0.322 e. The molecule has 35 heavy (non-hydrogen) atoms. The minimum Gasteiger partial charge on any atom is -0.322 e. The highest BCUT2D eigenvalue weighted by atomic mass is 32.2. The first-order valence-electron chi connectivity index (χ1n) is 10.5. The van der Waals surface area contributed by atoms with Crippen LogP contribution in [-0.4, -0.2) is 19.3 Å².